The first-order valence-corrected chi connectivity index (χ1v) is 9.23. The average Bonchev–Trinajstić information content (AvgIpc) is 2.57. The summed E-state index contributed by atoms with van der Waals surface area (Å²) in [5.74, 6) is 2.00. The summed E-state index contributed by atoms with van der Waals surface area (Å²) in [6.07, 6.45) is 10.6. The largest absolute Gasteiger partial charge is 0.350 e. The topological polar surface area (TPSA) is 50.2 Å². The second kappa shape index (κ2) is 7.51. The third-order valence-electron chi connectivity index (χ3n) is 5.71. The van der Waals surface area contributed by atoms with Crippen molar-refractivity contribution in [3.63, 3.8) is 0 Å². The Hall–Kier alpha value is -1.62. The number of piperidine rings is 1. The van der Waals surface area contributed by atoms with Crippen molar-refractivity contribution in [2.45, 2.75) is 45.6 Å². The Morgan fingerprint density at radius 1 is 1.38 bits per heavy atom. The Labute approximate surface area is 144 Å². The van der Waals surface area contributed by atoms with Crippen LogP contribution in [-0.4, -0.2) is 35.2 Å². The molecule has 0 unspecified atom stereocenters. The Morgan fingerprint density at radius 3 is 3.00 bits per heavy atom. The normalized spacial score (nSPS) is 27.9. The number of aromatic nitrogens is 2. The molecule has 1 aliphatic carbocycles. The van der Waals surface area contributed by atoms with Crippen molar-refractivity contribution in [1.82, 2.24) is 14.9 Å². The first-order valence-electron chi connectivity index (χ1n) is 9.23. The number of anilines is 1. The van der Waals surface area contributed by atoms with Gasteiger partial charge in [-0.05, 0) is 44.4 Å². The predicted octanol–water partition coefficient (Wildman–Crippen LogP) is 2.33. The van der Waals surface area contributed by atoms with E-state index < -0.39 is 0 Å². The quantitative estimate of drug-likeness (QED) is 0.861. The van der Waals surface area contributed by atoms with Crippen LogP contribution in [0.5, 0.6) is 0 Å². The van der Waals surface area contributed by atoms with E-state index in [1.54, 1.807) is 24.0 Å². The molecule has 3 atom stereocenters. The van der Waals surface area contributed by atoms with Gasteiger partial charge in [0.15, 0.2) is 5.82 Å². The van der Waals surface area contributed by atoms with Gasteiger partial charge in [-0.1, -0.05) is 18.6 Å². The summed E-state index contributed by atoms with van der Waals surface area (Å²) in [4.78, 5) is 18.8. The standard InChI is InChI=1S/C19H30N4O/c1-14-6-4-7-15(2)17(14)12-21-16-8-5-10-23(13-16)18-19(24)22(3)11-9-20-18/h6,9,11,15-17,21H,4-5,7-8,10,12-13H2,1-3H3/t15-,16+,17-/m0/s1. The number of hydrogen-bond acceptors (Lipinski definition) is 4. The summed E-state index contributed by atoms with van der Waals surface area (Å²) in [6, 6.07) is 0.437. The van der Waals surface area contributed by atoms with E-state index in [1.165, 1.54) is 24.8 Å². The minimum Gasteiger partial charge on any atom is -0.350 e. The molecular formula is C19H30N4O. The van der Waals surface area contributed by atoms with Crippen molar-refractivity contribution in [2.24, 2.45) is 18.9 Å². The van der Waals surface area contributed by atoms with Crippen molar-refractivity contribution in [1.29, 1.82) is 0 Å². The van der Waals surface area contributed by atoms with Crippen LogP contribution in [-0.2, 0) is 7.05 Å². The number of allylic oxidation sites excluding steroid dienone is 1. The maximum atomic E-state index is 12.3. The molecule has 0 amide bonds. The molecule has 3 rings (SSSR count). The average molecular weight is 330 g/mol. The molecule has 0 aromatic carbocycles. The summed E-state index contributed by atoms with van der Waals surface area (Å²) in [5.41, 5.74) is 1.53. The van der Waals surface area contributed by atoms with Crippen LogP contribution < -0.4 is 15.8 Å². The van der Waals surface area contributed by atoms with Crippen molar-refractivity contribution < 1.29 is 0 Å². The molecule has 1 N–H and O–H groups in total. The summed E-state index contributed by atoms with van der Waals surface area (Å²) >= 11 is 0. The lowest BCUT2D eigenvalue weighted by molar-refractivity contribution is 0.320. The van der Waals surface area contributed by atoms with Crippen LogP contribution in [0.15, 0.2) is 28.8 Å². The Bertz CT molecular complexity index is 651. The van der Waals surface area contributed by atoms with Gasteiger partial charge >= 0.3 is 0 Å². The van der Waals surface area contributed by atoms with E-state index in [1.807, 2.05) is 0 Å². The first-order chi connectivity index (χ1) is 11.6. The van der Waals surface area contributed by atoms with Crippen molar-refractivity contribution >= 4 is 5.82 Å². The zero-order chi connectivity index (χ0) is 17.1. The molecule has 24 heavy (non-hydrogen) atoms. The lowest BCUT2D eigenvalue weighted by atomic mass is 9.80. The summed E-state index contributed by atoms with van der Waals surface area (Å²) in [7, 11) is 1.78. The van der Waals surface area contributed by atoms with Crippen molar-refractivity contribution in [3.8, 4) is 0 Å². The molecule has 5 heteroatoms. The van der Waals surface area contributed by atoms with Gasteiger partial charge in [0, 0.05) is 45.1 Å². The zero-order valence-electron chi connectivity index (χ0n) is 15.2. The fraction of sp³-hybridized carbons (Fsp3) is 0.684. The highest BCUT2D eigenvalue weighted by Gasteiger charge is 2.26. The molecule has 1 fully saturated rings. The highest BCUT2D eigenvalue weighted by atomic mass is 16.1. The molecule has 0 spiro atoms. The van der Waals surface area contributed by atoms with Crippen LogP contribution in [0.25, 0.3) is 0 Å². The highest BCUT2D eigenvalue weighted by Crippen LogP contribution is 2.29. The summed E-state index contributed by atoms with van der Waals surface area (Å²) < 4.78 is 1.61. The van der Waals surface area contributed by atoms with Crippen LogP contribution in [0, 0.1) is 11.8 Å². The van der Waals surface area contributed by atoms with Gasteiger partial charge in [-0.15, -0.1) is 0 Å². The molecular weight excluding hydrogens is 300 g/mol. The van der Waals surface area contributed by atoms with E-state index in [9.17, 15) is 4.79 Å². The maximum Gasteiger partial charge on any atom is 0.293 e. The van der Waals surface area contributed by atoms with E-state index in [0.717, 1.165) is 32.0 Å². The smallest absolute Gasteiger partial charge is 0.293 e. The minimum atomic E-state index is -0.00201. The highest BCUT2D eigenvalue weighted by molar-refractivity contribution is 5.36. The molecule has 132 valence electrons. The van der Waals surface area contributed by atoms with Crippen LogP contribution in [0.3, 0.4) is 0 Å². The fourth-order valence-corrected chi connectivity index (χ4v) is 4.07. The van der Waals surface area contributed by atoms with E-state index in [4.69, 9.17) is 0 Å². The van der Waals surface area contributed by atoms with Crippen molar-refractivity contribution in [3.05, 3.63) is 34.4 Å². The molecule has 0 radical (unpaired) electrons. The second-order valence-electron chi connectivity index (χ2n) is 7.47. The van der Waals surface area contributed by atoms with Gasteiger partial charge in [0.05, 0.1) is 0 Å². The summed E-state index contributed by atoms with van der Waals surface area (Å²) in [6.45, 7) is 7.47. The lowest BCUT2D eigenvalue weighted by Gasteiger charge is -2.36. The minimum absolute atomic E-state index is 0.00201. The van der Waals surface area contributed by atoms with Crippen LogP contribution in [0.2, 0.25) is 0 Å². The molecule has 0 bridgehead atoms. The number of nitrogens with zero attached hydrogens (tertiary/aromatic N) is 3. The molecule has 2 heterocycles. The van der Waals surface area contributed by atoms with E-state index in [2.05, 4.69) is 35.1 Å². The Kier molecular flexibility index (Phi) is 5.39. The summed E-state index contributed by atoms with van der Waals surface area (Å²) in [5, 5.41) is 3.77. The van der Waals surface area contributed by atoms with Gasteiger partial charge in [0.2, 0.25) is 0 Å². The second-order valence-corrected chi connectivity index (χ2v) is 7.47. The monoisotopic (exact) mass is 330 g/mol. The van der Waals surface area contributed by atoms with Crippen LogP contribution >= 0.6 is 0 Å². The Balaban J connectivity index is 1.62. The van der Waals surface area contributed by atoms with E-state index in [0.29, 0.717) is 17.8 Å². The molecule has 1 aromatic heterocycles. The van der Waals surface area contributed by atoms with Gasteiger partial charge in [0.25, 0.3) is 5.56 Å². The Morgan fingerprint density at radius 2 is 2.21 bits per heavy atom. The molecule has 1 saturated heterocycles. The van der Waals surface area contributed by atoms with Gasteiger partial charge in [-0.2, -0.15) is 0 Å². The number of hydrogen-bond donors (Lipinski definition) is 1. The predicted molar refractivity (Wildman–Crippen MR) is 98.4 cm³/mol. The van der Waals surface area contributed by atoms with Gasteiger partial charge in [0.1, 0.15) is 0 Å². The third kappa shape index (κ3) is 3.72. The maximum absolute atomic E-state index is 12.3. The molecule has 5 nitrogen and oxygen atoms in total. The fourth-order valence-electron chi connectivity index (χ4n) is 4.07. The number of aryl methyl sites for hydroxylation is 1. The third-order valence-corrected chi connectivity index (χ3v) is 5.71. The van der Waals surface area contributed by atoms with E-state index >= 15 is 0 Å². The van der Waals surface area contributed by atoms with Crippen LogP contribution in [0.4, 0.5) is 5.82 Å². The van der Waals surface area contributed by atoms with Crippen LogP contribution in [0.1, 0.15) is 39.5 Å². The van der Waals surface area contributed by atoms with E-state index in [-0.39, 0.29) is 5.56 Å². The van der Waals surface area contributed by atoms with Gasteiger partial charge in [-0.3, -0.25) is 4.79 Å². The molecule has 0 saturated carbocycles. The number of rotatable bonds is 4. The van der Waals surface area contributed by atoms with Gasteiger partial charge in [-0.25, -0.2) is 4.98 Å². The zero-order valence-corrected chi connectivity index (χ0v) is 15.2. The van der Waals surface area contributed by atoms with Crippen molar-refractivity contribution in [2.75, 3.05) is 24.5 Å². The number of nitrogens with one attached hydrogen (secondary N) is 1. The first kappa shape index (κ1) is 17.2. The molecule has 1 aliphatic heterocycles. The van der Waals surface area contributed by atoms with Gasteiger partial charge < -0.3 is 14.8 Å². The molecule has 1 aromatic rings. The lowest BCUT2D eigenvalue weighted by Crippen LogP contribution is -2.49. The SMILES string of the molecule is CC1=CCC[C@H](C)[C@H]1CN[C@@H]1CCCN(c2nccn(C)c2=O)C1. The molecule has 2 aliphatic rings.